The summed E-state index contributed by atoms with van der Waals surface area (Å²) in [6, 6.07) is 5.74. The molecular weight excluding hydrogens is 184 g/mol. The molecule has 1 aromatic rings. The molecule has 0 aliphatic carbocycles. The first-order valence-corrected chi connectivity index (χ1v) is 4.67. The molecule has 0 bridgehead atoms. The molecule has 72 valence electrons. The van der Waals surface area contributed by atoms with Crippen LogP contribution in [0.2, 0.25) is 5.02 Å². The monoisotopic (exact) mass is 198 g/mol. The summed E-state index contributed by atoms with van der Waals surface area (Å²) < 4.78 is 5.15. The molecule has 2 heteroatoms. The van der Waals surface area contributed by atoms with Gasteiger partial charge in [0, 0.05) is 5.02 Å². The van der Waals surface area contributed by atoms with Crippen LogP contribution >= 0.6 is 11.6 Å². The Labute approximate surface area is 84.7 Å². The minimum Gasteiger partial charge on any atom is -0.497 e. The fraction of sp³-hybridized carbons (Fsp3) is 0.455. The van der Waals surface area contributed by atoms with Crippen molar-refractivity contribution in [1.82, 2.24) is 0 Å². The van der Waals surface area contributed by atoms with Crippen molar-refractivity contribution in [3.05, 3.63) is 28.8 Å². The molecule has 0 spiro atoms. The summed E-state index contributed by atoms with van der Waals surface area (Å²) >= 11 is 6.08. The van der Waals surface area contributed by atoms with Crippen molar-refractivity contribution in [2.24, 2.45) is 0 Å². The maximum absolute atomic E-state index is 6.08. The molecule has 0 heterocycles. The molecule has 1 rings (SSSR count). The molecular formula is C11H15ClO. The molecule has 0 aromatic heterocycles. The molecule has 0 saturated heterocycles. The zero-order valence-electron chi connectivity index (χ0n) is 8.52. The number of methoxy groups -OCH3 is 1. The first kappa shape index (κ1) is 10.4. The van der Waals surface area contributed by atoms with Gasteiger partial charge in [-0.1, -0.05) is 32.4 Å². The third-order valence-electron chi connectivity index (χ3n) is 1.98. The molecule has 0 atom stereocenters. The Morgan fingerprint density at radius 1 is 1.23 bits per heavy atom. The summed E-state index contributed by atoms with van der Waals surface area (Å²) in [4.78, 5) is 0. The maximum Gasteiger partial charge on any atom is 0.119 e. The SMILES string of the molecule is COc1ccc(Cl)c(C(C)(C)C)c1. The molecule has 0 aliphatic heterocycles. The quantitative estimate of drug-likeness (QED) is 0.670. The maximum atomic E-state index is 6.08. The number of halogens is 1. The lowest BCUT2D eigenvalue weighted by Gasteiger charge is -2.21. The van der Waals surface area contributed by atoms with Crippen LogP contribution in [0.1, 0.15) is 26.3 Å². The molecule has 1 nitrogen and oxygen atoms in total. The molecule has 0 aliphatic rings. The lowest BCUT2D eigenvalue weighted by Crippen LogP contribution is -2.11. The van der Waals surface area contributed by atoms with E-state index in [9.17, 15) is 0 Å². The second-order valence-electron chi connectivity index (χ2n) is 4.10. The van der Waals surface area contributed by atoms with Crippen LogP contribution in [0.3, 0.4) is 0 Å². The van der Waals surface area contributed by atoms with Gasteiger partial charge in [0.05, 0.1) is 7.11 Å². The van der Waals surface area contributed by atoms with Crippen molar-refractivity contribution in [2.45, 2.75) is 26.2 Å². The minimum absolute atomic E-state index is 0.0611. The largest absolute Gasteiger partial charge is 0.497 e. The first-order chi connectivity index (χ1) is 5.95. The molecule has 0 amide bonds. The lowest BCUT2D eigenvalue weighted by molar-refractivity contribution is 0.412. The molecule has 0 saturated carbocycles. The normalized spacial score (nSPS) is 11.5. The average Bonchev–Trinajstić information content (AvgIpc) is 2.03. The van der Waals surface area contributed by atoms with E-state index in [0.29, 0.717) is 0 Å². The smallest absolute Gasteiger partial charge is 0.119 e. The van der Waals surface area contributed by atoms with Crippen molar-refractivity contribution in [1.29, 1.82) is 0 Å². The van der Waals surface area contributed by atoms with Gasteiger partial charge in [0.15, 0.2) is 0 Å². The molecule has 0 N–H and O–H groups in total. The summed E-state index contributed by atoms with van der Waals surface area (Å²) in [7, 11) is 1.66. The topological polar surface area (TPSA) is 9.23 Å². The van der Waals surface area contributed by atoms with Gasteiger partial charge in [-0.05, 0) is 29.2 Å². The van der Waals surface area contributed by atoms with E-state index < -0.39 is 0 Å². The summed E-state index contributed by atoms with van der Waals surface area (Å²) in [5, 5.41) is 0.799. The van der Waals surface area contributed by atoms with Gasteiger partial charge in [-0.2, -0.15) is 0 Å². The van der Waals surface area contributed by atoms with Gasteiger partial charge in [0.1, 0.15) is 5.75 Å². The van der Waals surface area contributed by atoms with Gasteiger partial charge >= 0.3 is 0 Å². The van der Waals surface area contributed by atoms with Crippen LogP contribution in [-0.4, -0.2) is 7.11 Å². The standard InChI is InChI=1S/C11H15ClO/c1-11(2,3)9-7-8(13-4)5-6-10(9)12/h5-7H,1-4H3. The zero-order chi connectivity index (χ0) is 10.1. The molecule has 13 heavy (non-hydrogen) atoms. The Morgan fingerprint density at radius 2 is 1.85 bits per heavy atom. The molecule has 1 aromatic carbocycles. The summed E-state index contributed by atoms with van der Waals surface area (Å²) in [5.41, 5.74) is 1.18. The third-order valence-corrected chi connectivity index (χ3v) is 2.31. The lowest BCUT2D eigenvalue weighted by atomic mass is 9.87. The van der Waals surface area contributed by atoms with Crippen LogP contribution < -0.4 is 4.74 Å². The predicted octanol–water partition coefficient (Wildman–Crippen LogP) is 3.65. The van der Waals surface area contributed by atoms with E-state index in [1.54, 1.807) is 7.11 Å². The van der Waals surface area contributed by atoms with Crippen molar-refractivity contribution in [3.63, 3.8) is 0 Å². The second-order valence-corrected chi connectivity index (χ2v) is 4.50. The Morgan fingerprint density at radius 3 is 2.31 bits per heavy atom. The number of benzene rings is 1. The van der Waals surface area contributed by atoms with Gasteiger partial charge in [-0.15, -0.1) is 0 Å². The highest BCUT2D eigenvalue weighted by atomic mass is 35.5. The predicted molar refractivity (Wildman–Crippen MR) is 56.7 cm³/mol. The van der Waals surface area contributed by atoms with Crippen molar-refractivity contribution < 1.29 is 4.74 Å². The van der Waals surface area contributed by atoms with E-state index in [4.69, 9.17) is 16.3 Å². The van der Waals surface area contributed by atoms with Gasteiger partial charge in [-0.25, -0.2) is 0 Å². The summed E-state index contributed by atoms with van der Waals surface area (Å²) in [5.74, 6) is 0.856. The fourth-order valence-corrected chi connectivity index (χ4v) is 1.61. The van der Waals surface area contributed by atoms with Crippen molar-refractivity contribution >= 4 is 11.6 Å². The molecule has 0 radical (unpaired) electrons. The summed E-state index contributed by atoms with van der Waals surface area (Å²) in [6.45, 7) is 6.40. The van der Waals surface area contributed by atoms with E-state index >= 15 is 0 Å². The fourth-order valence-electron chi connectivity index (χ4n) is 1.21. The van der Waals surface area contributed by atoms with E-state index in [-0.39, 0.29) is 5.41 Å². The molecule has 0 unspecified atom stereocenters. The second kappa shape index (κ2) is 3.59. The summed E-state index contributed by atoms with van der Waals surface area (Å²) in [6.07, 6.45) is 0. The van der Waals surface area contributed by atoms with E-state index in [2.05, 4.69) is 20.8 Å². The average molecular weight is 199 g/mol. The first-order valence-electron chi connectivity index (χ1n) is 4.29. The van der Waals surface area contributed by atoms with E-state index in [0.717, 1.165) is 16.3 Å². The van der Waals surface area contributed by atoms with Gasteiger partial charge < -0.3 is 4.74 Å². The van der Waals surface area contributed by atoms with E-state index in [1.165, 1.54) is 0 Å². The van der Waals surface area contributed by atoms with Crippen LogP contribution in [0.25, 0.3) is 0 Å². The van der Waals surface area contributed by atoms with Crippen LogP contribution in [0.4, 0.5) is 0 Å². The molecule has 0 fully saturated rings. The van der Waals surface area contributed by atoms with Gasteiger partial charge in [-0.3, -0.25) is 0 Å². The van der Waals surface area contributed by atoms with Crippen LogP contribution in [0.15, 0.2) is 18.2 Å². The third kappa shape index (κ3) is 2.38. The van der Waals surface area contributed by atoms with E-state index in [1.807, 2.05) is 18.2 Å². The van der Waals surface area contributed by atoms with Crippen LogP contribution in [0, 0.1) is 0 Å². The van der Waals surface area contributed by atoms with Crippen LogP contribution in [0.5, 0.6) is 5.75 Å². The highest BCUT2D eigenvalue weighted by Gasteiger charge is 2.17. The zero-order valence-corrected chi connectivity index (χ0v) is 9.27. The minimum atomic E-state index is 0.0611. The number of hydrogen-bond donors (Lipinski definition) is 0. The Bertz CT molecular complexity index is 299. The van der Waals surface area contributed by atoms with Crippen molar-refractivity contribution in [3.8, 4) is 5.75 Å². The number of hydrogen-bond acceptors (Lipinski definition) is 1. The van der Waals surface area contributed by atoms with Gasteiger partial charge in [0.2, 0.25) is 0 Å². The Hall–Kier alpha value is -0.690. The number of ether oxygens (including phenoxy) is 1. The van der Waals surface area contributed by atoms with Crippen molar-refractivity contribution in [2.75, 3.05) is 7.11 Å². The Kier molecular flexibility index (Phi) is 2.87. The van der Waals surface area contributed by atoms with Gasteiger partial charge in [0.25, 0.3) is 0 Å². The highest BCUT2D eigenvalue weighted by Crippen LogP contribution is 2.32. The Balaban J connectivity index is 3.19. The highest BCUT2D eigenvalue weighted by molar-refractivity contribution is 6.31. The number of rotatable bonds is 1. The van der Waals surface area contributed by atoms with Crippen LogP contribution in [-0.2, 0) is 5.41 Å².